The molecule has 0 bridgehead atoms. The van der Waals surface area contributed by atoms with Gasteiger partial charge in [-0.05, 0) is 37.3 Å². The highest BCUT2D eigenvalue weighted by Crippen LogP contribution is 2.43. The number of hydrogen-bond donors (Lipinski definition) is 1. The molecule has 2 aliphatic rings. The van der Waals surface area contributed by atoms with Crippen LogP contribution in [-0.4, -0.2) is 55.3 Å². The molecule has 1 aromatic carbocycles. The summed E-state index contributed by atoms with van der Waals surface area (Å²) < 4.78 is 15.9. The van der Waals surface area contributed by atoms with Gasteiger partial charge in [-0.15, -0.1) is 0 Å². The highest BCUT2D eigenvalue weighted by atomic mass is 16.5. The average Bonchev–Trinajstić information content (AvgIpc) is 3.06. The summed E-state index contributed by atoms with van der Waals surface area (Å²) in [5, 5.41) is 9.65. The lowest BCUT2D eigenvalue weighted by atomic mass is 9.84. The Morgan fingerprint density at radius 3 is 2.19 bits per heavy atom. The van der Waals surface area contributed by atoms with Gasteiger partial charge in [0.2, 0.25) is 5.75 Å². The molecule has 26 heavy (non-hydrogen) atoms. The van der Waals surface area contributed by atoms with Crippen molar-refractivity contribution in [2.24, 2.45) is 5.92 Å². The minimum atomic E-state index is -0.944. The Bertz CT molecular complexity index is 678. The summed E-state index contributed by atoms with van der Waals surface area (Å²) in [5.41, 5.74) is 0.344. The Balaban J connectivity index is 2.00. The number of amides is 1. The average molecular weight is 363 g/mol. The Morgan fingerprint density at radius 1 is 1.04 bits per heavy atom. The van der Waals surface area contributed by atoms with E-state index in [1.165, 1.54) is 21.3 Å². The van der Waals surface area contributed by atoms with Crippen molar-refractivity contribution in [3.05, 3.63) is 17.7 Å². The quantitative estimate of drug-likeness (QED) is 0.865. The van der Waals surface area contributed by atoms with Gasteiger partial charge >= 0.3 is 5.97 Å². The summed E-state index contributed by atoms with van der Waals surface area (Å²) >= 11 is 0. The summed E-state index contributed by atoms with van der Waals surface area (Å²) in [5.74, 6) is 0.170. The second kappa shape index (κ2) is 7.43. The van der Waals surface area contributed by atoms with E-state index in [1.807, 2.05) is 0 Å². The van der Waals surface area contributed by atoms with Crippen molar-refractivity contribution in [1.82, 2.24) is 4.90 Å². The topological polar surface area (TPSA) is 85.3 Å². The van der Waals surface area contributed by atoms with E-state index in [-0.39, 0.29) is 17.9 Å². The predicted octanol–water partition coefficient (Wildman–Crippen LogP) is 2.57. The van der Waals surface area contributed by atoms with Gasteiger partial charge in [0.15, 0.2) is 11.5 Å². The molecule has 2 fully saturated rings. The van der Waals surface area contributed by atoms with Crippen LogP contribution < -0.4 is 14.2 Å². The number of fused-ring (bicyclic) bond motifs is 1. The van der Waals surface area contributed by atoms with Crippen molar-refractivity contribution in [1.29, 1.82) is 0 Å². The van der Waals surface area contributed by atoms with Crippen molar-refractivity contribution in [3.8, 4) is 17.2 Å². The summed E-state index contributed by atoms with van der Waals surface area (Å²) in [6.07, 6.45) is 4.47. The van der Waals surface area contributed by atoms with Gasteiger partial charge in [0, 0.05) is 11.6 Å². The largest absolute Gasteiger partial charge is 0.493 e. The van der Waals surface area contributed by atoms with Crippen LogP contribution in [-0.2, 0) is 4.79 Å². The molecule has 1 saturated carbocycles. The van der Waals surface area contributed by atoms with Crippen molar-refractivity contribution in [2.75, 3.05) is 21.3 Å². The van der Waals surface area contributed by atoms with E-state index in [2.05, 4.69) is 0 Å². The lowest BCUT2D eigenvalue weighted by Gasteiger charge is -2.33. The third-order valence-corrected chi connectivity index (χ3v) is 5.52. The van der Waals surface area contributed by atoms with Crippen molar-refractivity contribution >= 4 is 11.9 Å². The number of likely N-dealkylation sites (tertiary alicyclic amines) is 1. The number of carbonyl (C=O) groups is 2. The molecular weight excluding hydrogens is 338 g/mol. The number of carboxylic acids is 1. The summed E-state index contributed by atoms with van der Waals surface area (Å²) in [6.45, 7) is 0. The highest BCUT2D eigenvalue weighted by molar-refractivity contribution is 5.98. The van der Waals surface area contributed by atoms with E-state index >= 15 is 0 Å². The molecule has 1 amide bonds. The van der Waals surface area contributed by atoms with Gasteiger partial charge in [-0.25, -0.2) is 4.79 Å². The van der Waals surface area contributed by atoms with Gasteiger partial charge in [-0.2, -0.15) is 0 Å². The monoisotopic (exact) mass is 363 g/mol. The van der Waals surface area contributed by atoms with Gasteiger partial charge in [0.1, 0.15) is 6.04 Å². The van der Waals surface area contributed by atoms with E-state index < -0.39 is 12.0 Å². The van der Waals surface area contributed by atoms with Crippen LogP contribution in [0, 0.1) is 5.92 Å². The highest BCUT2D eigenvalue weighted by Gasteiger charge is 2.47. The van der Waals surface area contributed by atoms with Crippen molar-refractivity contribution < 1.29 is 28.9 Å². The summed E-state index contributed by atoms with van der Waals surface area (Å²) in [7, 11) is 4.46. The van der Waals surface area contributed by atoms with E-state index in [0.29, 0.717) is 29.2 Å². The van der Waals surface area contributed by atoms with E-state index in [0.717, 1.165) is 25.7 Å². The molecule has 1 aliphatic carbocycles. The first kappa shape index (κ1) is 18.4. The zero-order chi connectivity index (χ0) is 18.8. The number of nitrogens with zero attached hydrogens (tertiary/aromatic N) is 1. The Morgan fingerprint density at radius 2 is 1.65 bits per heavy atom. The number of ether oxygens (including phenoxy) is 3. The maximum Gasteiger partial charge on any atom is 0.326 e. The molecule has 0 spiro atoms. The molecule has 3 unspecified atom stereocenters. The van der Waals surface area contributed by atoms with Gasteiger partial charge in [-0.1, -0.05) is 12.8 Å². The van der Waals surface area contributed by atoms with Crippen molar-refractivity contribution in [2.45, 2.75) is 44.2 Å². The zero-order valence-corrected chi connectivity index (χ0v) is 15.4. The first-order chi connectivity index (χ1) is 12.5. The van der Waals surface area contributed by atoms with Gasteiger partial charge < -0.3 is 24.2 Å². The molecule has 1 heterocycles. The fourth-order valence-corrected chi connectivity index (χ4v) is 4.33. The molecule has 3 atom stereocenters. The number of aliphatic carboxylic acids is 1. The number of methoxy groups -OCH3 is 3. The second-order valence-corrected chi connectivity index (χ2v) is 6.83. The van der Waals surface area contributed by atoms with Crippen LogP contribution in [0.25, 0.3) is 0 Å². The Hall–Kier alpha value is -2.44. The van der Waals surface area contributed by atoms with Crippen molar-refractivity contribution in [3.63, 3.8) is 0 Å². The lowest BCUT2D eigenvalue weighted by molar-refractivity contribution is -0.141. The number of benzene rings is 1. The molecule has 1 aliphatic heterocycles. The van der Waals surface area contributed by atoms with Crippen LogP contribution in [0.3, 0.4) is 0 Å². The lowest BCUT2D eigenvalue weighted by Crippen LogP contribution is -2.46. The predicted molar refractivity (Wildman–Crippen MR) is 94.1 cm³/mol. The molecule has 0 aromatic heterocycles. The third-order valence-electron chi connectivity index (χ3n) is 5.52. The fraction of sp³-hybridized carbons (Fsp3) is 0.579. The molecular formula is C19H25NO6. The van der Waals surface area contributed by atoms with Gasteiger partial charge in [0.25, 0.3) is 5.91 Å². The molecule has 0 radical (unpaired) electrons. The van der Waals surface area contributed by atoms with Crippen LogP contribution in [0.5, 0.6) is 17.2 Å². The van der Waals surface area contributed by atoms with E-state index in [9.17, 15) is 14.7 Å². The van der Waals surface area contributed by atoms with Crippen LogP contribution >= 0.6 is 0 Å². The normalized spacial score (nSPS) is 24.7. The number of carboxylic acid groups (broad SMARTS) is 1. The molecule has 1 aromatic rings. The summed E-state index contributed by atoms with van der Waals surface area (Å²) in [4.78, 5) is 26.6. The molecule has 142 valence electrons. The number of rotatable bonds is 5. The summed E-state index contributed by atoms with van der Waals surface area (Å²) in [6, 6.07) is 2.36. The standard InChI is InChI=1S/C19H25NO6/c1-24-15-9-12(10-16(25-2)17(15)26-3)18(21)20-13-7-5-4-6-11(13)8-14(20)19(22)23/h9-11,13-14H,4-8H2,1-3H3,(H,22,23). The first-order valence-corrected chi connectivity index (χ1v) is 8.87. The maximum absolute atomic E-state index is 13.3. The molecule has 1 N–H and O–H groups in total. The second-order valence-electron chi connectivity index (χ2n) is 6.83. The number of carbonyl (C=O) groups excluding carboxylic acids is 1. The zero-order valence-electron chi connectivity index (χ0n) is 15.4. The maximum atomic E-state index is 13.3. The van der Waals surface area contributed by atoms with Gasteiger partial charge in [-0.3, -0.25) is 4.79 Å². The van der Waals surface area contributed by atoms with Gasteiger partial charge in [0.05, 0.1) is 21.3 Å². The number of hydrogen-bond acceptors (Lipinski definition) is 5. The van der Waals surface area contributed by atoms with E-state index in [1.54, 1.807) is 17.0 Å². The van der Waals surface area contributed by atoms with E-state index in [4.69, 9.17) is 14.2 Å². The van der Waals surface area contributed by atoms with Crippen LogP contribution in [0.1, 0.15) is 42.5 Å². The smallest absolute Gasteiger partial charge is 0.326 e. The third kappa shape index (κ3) is 3.06. The van der Waals surface area contributed by atoms with Crippen LogP contribution in [0.2, 0.25) is 0 Å². The molecule has 7 nitrogen and oxygen atoms in total. The minimum absolute atomic E-state index is 0.0172. The minimum Gasteiger partial charge on any atom is -0.493 e. The molecule has 1 saturated heterocycles. The fourth-order valence-electron chi connectivity index (χ4n) is 4.33. The Kier molecular flexibility index (Phi) is 5.25. The van der Waals surface area contributed by atoms with Crippen LogP contribution in [0.4, 0.5) is 0 Å². The SMILES string of the molecule is COc1cc(C(=O)N2C(C(=O)O)CC3CCCCC32)cc(OC)c1OC. The Labute approximate surface area is 152 Å². The first-order valence-electron chi connectivity index (χ1n) is 8.87. The molecule has 7 heteroatoms. The molecule has 3 rings (SSSR count). The van der Waals surface area contributed by atoms with Crippen LogP contribution in [0.15, 0.2) is 12.1 Å².